The molecule has 13 heteroatoms. The second-order valence-corrected chi connectivity index (χ2v) is 12.1. The molecule has 1 amide bonds. The lowest BCUT2D eigenvalue weighted by Gasteiger charge is -2.09. The Hall–Kier alpha value is -1.87. The van der Waals surface area contributed by atoms with Gasteiger partial charge in [-0.1, -0.05) is 84.0 Å². The minimum absolute atomic E-state index is 0.00986. The summed E-state index contributed by atoms with van der Waals surface area (Å²) in [4.78, 5) is 33.6. The van der Waals surface area contributed by atoms with E-state index in [9.17, 15) is 14.4 Å². The second kappa shape index (κ2) is 41.5. The van der Waals surface area contributed by atoms with Crippen molar-refractivity contribution < 1.29 is 57.4 Å². The maximum Gasteiger partial charge on any atom is 0.305 e. The van der Waals surface area contributed by atoms with Crippen LogP contribution in [-0.2, 0) is 52.3 Å². The molecule has 296 valence electrons. The first-order valence-electron chi connectivity index (χ1n) is 19.2. The van der Waals surface area contributed by atoms with Crippen LogP contribution in [0.25, 0.3) is 0 Å². The number of carbonyl (C=O) groups is 3. The van der Waals surface area contributed by atoms with Gasteiger partial charge in [0.05, 0.1) is 92.3 Å². The average molecular weight is 722 g/mol. The predicted octanol–water partition coefficient (Wildman–Crippen LogP) is 5.50. The predicted molar refractivity (Wildman–Crippen MR) is 192 cm³/mol. The van der Waals surface area contributed by atoms with E-state index in [1.165, 1.54) is 70.6 Å². The van der Waals surface area contributed by atoms with Crippen molar-refractivity contribution >= 4 is 17.8 Å². The fraction of sp³-hybridized carbons (Fsp3) is 0.919. The third-order valence-corrected chi connectivity index (χ3v) is 7.56. The van der Waals surface area contributed by atoms with Gasteiger partial charge in [0.2, 0.25) is 5.91 Å². The van der Waals surface area contributed by atoms with Gasteiger partial charge in [-0.25, -0.2) is 0 Å². The lowest BCUT2D eigenvalue weighted by Crippen LogP contribution is -2.25. The zero-order valence-electron chi connectivity index (χ0n) is 31.3. The van der Waals surface area contributed by atoms with Crippen molar-refractivity contribution in [1.82, 2.24) is 5.32 Å². The molecule has 50 heavy (non-hydrogen) atoms. The number of carboxylic acid groups (broad SMARTS) is 1. The number of ether oxygens (including phenoxy) is 8. The largest absolute Gasteiger partial charge is 0.481 e. The number of aliphatic carboxylic acids is 1. The fourth-order valence-corrected chi connectivity index (χ4v) is 4.71. The van der Waals surface area contributed by atoms with E-state index < -0.39 is 5.97 Å². The second-order valence-electron chi connectivity index (χ2n) is 12.1. The number of hydrogen-bond donors (Lipinski definition) is 2. The maximum absolute atomic E-state index is 11.9. The number of unbranched alkanes of at least 4 members (excludes halogenated alkanes) is 12. The standard InChI is InChI=1S/C37H71NO12/c1-2-3-4-5-6-7-8-9-10-11-12-13-14-16-37(42)50-34-33-49-32-31-48-30-29-47-28-27-46-26-25-45-24-23-44-22-21-43-20-15-19-38-35(39)17-18-36(40)41/h2-34H2,1H3,(H,38,39)(H,40,41). The highest BCUT2D eigenvalue weighted by Gasteiger charge is 2.05. The zero-order chi connectivity index (χ0) is 36.4. The highest BCUT2D eigenvalue weighted by atomic mass is 16.6. The summed E-state index contributed by atoms with van der Waals surface area (Å²) < 4.78 is 43.4. The van der Waals surface area contributed by atoms with E-state index in [1.54, 1.807) is 0 Å². The first-order valence-corrected chi connectivity index (χ1v) is 19.2. The van der Waals surface area contributed by atoms with Crippen molar-refractivity contribution in [3.63, 3.8) is 0 Å². The van der Waals surface area contributed by atoms with Crippen molar-refractivity contribution in [2.75, 3.05) is 106 Å². The first-order chi connectivity index (χ1) is 24.6. The molecule has 0 radical (unpaired) electrons. The molecule has 0 fully saturated rings. The number of rotatable bonds is 42. The Kier molecular flexibility index (Phi) is 40.0. The van der Waals surface area contributed by atoms with Gasteiger partial charge in [-0.15, -0.1) is 0 Å². The average Bonchev–Trinajstić information content (AvgIpc) is 3.10. The smallest absolute Gasteiger partial charge is 0.305 e. The maximum atomic E-state index is 11.9. The van der Waals surface area contributed by atoms with E-state index in [0.717, 1.165) is 12.8 Å². The van der Waals surface area contributed by atoms with Gasteiger partial charge < -0.3 is 48.3 Å². The minimum atomic E-state index is -0.982. The minimum Gasteiger partial charge on any atom is -0.481 e. The molecule has 0 heterocycles. The molecule has 2 N–H and O–H groups in total. The van der Waals surface area contributed by atoms with E-state index in [2.05, 4.69) is 12.2 Å². The lowest BCUT2D eigenvalue weighted by atomic mass is 10.0. The van der Waals surface area contributed by atoms with E-state index in [1.807, 2.05) is 0 Å². The molecule has 0 saturated heterocycles. The summed E-state index contributed by atoms with van der Waals surface area (Å²) in [7, 11) is 0. The van der Waals surface area contributed by atoms with Crippen LogP contribution >= 0.6 is 0 Å². The Labute approximate surface area is 302 Å². The van der Waals surface area contributed by atoms with Crippen molar-refractivity contribution in [3.8, 4) is 0 Å². The molecule has 0 aromatic carbocycles. The van der Waals surface area contributed by atoms with Crippen LogP contribution in [0.2, 0.25) is 0 Å². The van der Waals surface area contributed by atoms with Gasteiger partial charge in [0.1, 0.15) is 6.61 Å². The van der Waals surface area contributed by atoms with Crippen molar-refractivity contribution in [1.29, 1.82) is 0 Å². The molecule has 0 aliphatic heterocycles. The molecule has 0 aliphatic carbocycles. The monoisotopic (exact) mass is 721 g/mol. The van der Waals surface area contributed by atoms with Gasteiger partial charge >= 0.3 is 11.9 Å². The number of carboxylic acids is 1. The lowest BCUT2D eigenvalue weighted by molar-refractivity contribution is -0.145. The summed E-state index contributed by atoms with van der Waals surface area (Å²) in [6, 6.07) is 0. The SMILES string of the molecule is CCCCCCCCCCCCCCCC(=O)OCCOCCOCCOCCOCCOCCOCCOCCCNC(=O)CCC(=O)O. The van der Waals surface area contributed by atoms with Crippen LogP contribution < -0.4 is 5.32 Å². The van der Waals surface area contributed by atoms with Crippen LogP contribution in [0.3, 0.4) is 0 Å². The number of esters is 1. The zero-order valence-corrected chi connectivity index (χ0v) is 31.3. The van der Waals surface area contributed by atoms with Gasteiger partial charge in [-0.2, -0.15) is 0 Å². The summed E-state index contributed by atoms with van der Waals surface area (Å²) in [6.07, 6.45) is 17.7. The molecule has 0 rings (SSSR count). The highest BCUT2D eigenvalue weighted by Crippen LogP contribution is 2.13. The number of amides is 1. The molecule has 0 aliphatic rings. The Bertz CT molecular complexity index is 743. The summed E-state index contributed by atoms with van der Waals surface area (Å²) >= 11 is 0. The van der Waals surface area contributed by atoms with Crippen molar-refractivity contribution in [3.05, 3.63) is 0 Å². The molecule has 0 spiro atoms. The Morgan fingerprint density at radius 1 is 0.420 bits per heavy atom. The summed E-state index contributed by atoms with van der Waals surface area (Å²) in [5, 5.41) is 11.2. The van der Waals surface area contributed by atoms with Gasteiger partial charge in [-0.05, 0) is 12.8 Å². The number of hydrogen-bond acceptors (Lipinski definition) is 11. The molecular formula is C37H71NO12. The highest BCUT2D eigenvalue weighted by molar-refractivity contribution is 5.80. The molecule has 0 saturated carbocycles. The third kappa shape index (κ3) is 42.3. The third-order valence-electron chi connectivity index (χ3n) is 7.56. The molecule has 0 aromatic heterocycles. The van der Waals surface area contributed by atoms with Crippen LogP contribution in [-0.4, -0.2) is 129 Å². The Morgan fingerprint density at radius 3 is 1.18 bits per heavy atom. The summed E-state index contributed by atoms with van der Waals surface area (Å²) in [5.74, 6) is -1.39. The molecule has 0 aromatic rings. The van der Waals surface area contributed by atoms with Gasteiger partial charge in [0, 0.05) is 26.0 Å². The Balaban J connectivity index is 3.16. The molecule has 0 bridgehead atoms. The fourth-order valence-electron chi connectivity index (χ4n) is 4.71. The topological polar surface area (TPSA) is 157 Å². The van der Waals surface area contributed by atoms with Gasteiger partial charge in [0.15, 0.2) is 0 Å². The quantitative estimate of drug-likeness (QED) is 0.0604. The summed E-state index contributed by atoms with van der Waals surface area (Å²) in [6.45, 7) is 9.44. The van der Waals surface area contributed by atoms with Crippen LogP contribution in [0.1, 0.15) is 116 Å². The normalized spacial score (nSPS) is 11.2. The Morgan fingerprint density at radius 2 is 0.780 bits per heavy atom. The molecule has 0 atom stereocenters. The van der Waals surface area contributed by atoms with Crippen molar-refractivity contribution in [2.24, 2.45) is 0 Å². The molecular weight excluding hydrogens is 650 g/mol. The molecule has 0 unspecified atom stereocenters. The number of carbonyl (C=O) groups excluding carboxylic acids is 2. The first kappa shape index (κ1) is 48.1. The van der Waals surface area contributed by atoms with Crippen LogP contribution in [0.4, 0.5) is 0 Å². The van der Waals surface area contributed by atoms with E-state index in [4.69, 9.17) is 43.0 Å². The summed E-state index contributed by atoms with van der Waals surface area (Å²) in [5.41, 5.74) is 0. The van der Waals surface area contributed by atoms with Crippen LogP contribution in [0.5, 0.6) is 0 Å². The van der Waals surface area contributed by atoms with Crippen LogP contribution in [0.15, 0.2) is 0 Å². The van der Waals surface area contributed by atoms with Gasteiger partial charge in [0.25, 0.3) is 0 Å². The number of nitrogens with one attached hydrogen (secondary N) is 1. The van der Waals surface area contributed by atoms with E-state index >= 15 is 0 Å². The van der Waals surface area contributed by atoms with E-state index in [0.29, 0.717) is 112 Å². The van der Waals surface area contributed by atoms with Crippen molar-refractivity contribution in [2.45, 2.75) is 116 Å². The van der Waals surface area contributed by atoms with Gasteiger partial charge in [-0.3, -0.25) is 14.4 Å². The van der Waals surface area contributed by atoms with E-state index in [-0.39, 0.29) is 31.3 Å². The molecule has 13 nitrogen and oxygen atoms in total. The van der Waals surface area contributed by atoms with Crippen LogP contribution in [0, 0.1) is 0 Å².